The van der Waals surface area contributed by atoms with Gasteiger partial charge in [-0.05, 0) is 0 Å². The normalized spacial score (nSPS) is 11.4. The second-order valence-corrected chi connectivity index (χ2v) is 6.56. The van der Waals surface area contributed by atoms with Crippen LogP contribution in [0, 0.1) is 0 Å². The minimum absolute atomic E-state index is 0.579. The predicted octanol–water partition coefficient (Wildman–Crippen LogP) is 2.44. The zero-order valence-electron chi connectivity index (χ0n) is 9.29. The van der Waals surface area contributed by atoms with Crippen LogP contribution in [0.15, 0.2) is 30.3 Å². The summed E-state index contributed by atoms with van der Waals surface area (Å²) in [7, 11) is 0. The van der Waals surface area contributed by atoms with Crippen molar-refractivity contribution in [2.45, 2.75) is 26.3 Å². The first-order valence-corrected chi connectivity index (χ1v) is 7.18. The van der Waals surface area contributed by atoms with Crippen molar-refractivity contribution in [3.05, 3.63) is 34.8 Å². The van der Waals surface area contributed by atoms with E-state index in [9.17, 15) is 0 Å². The fraction of sp³-hybridized carbons (Fsp3) is 0.385. The molecule has 0 spiro atoms. The molecule has 1 nitrogen and oxygen atoms in total. The summed E-state index contributed by atoms with van der Waals surface area (Å²) in [6, 6.07) is 11.7. The number of nitrogens with one attached hydrogen (secondary N) is 1. The molecule has 2 heteroatoms. The van der Waals surface area contributed by atoms with E-state index < -0.39 is 0 Å². The van der Waals surface area contributed by atoms with Crippen molar-refractivity contribution < 1.29 is 0 Å². The molecule has 1 aromatic heterocycles. The van der Waals surface area contributed by atoms with Gasteiger partial charge in [0.25, 0.3) is 0 Å². The molecule has 1 heterocycles. The number of benzene rings is 1. The predicted molar refractivity (Wildman–Crippen MR) is 67.7 cm³/mol. The number of hydrogen-bond donors (Lipinski definition) is 1. The Bertz CT molecular complexity index is 398. The van der Waals surface area contributed by atoms with E-state index in [2.05, 4.69) is 49.5 Å². The van der Waals surface area contributed by atoms with Gasteiger partial charge in [-0.1, -0.05) is 0 Å². The van der Waals surface area contributed by atoms with Crippen LogP contribution in [0.25, 0.3) is 9.65 Å². The zero-order valence-corrected chi connectivity index (χ0v) is 11.0. The van der Waals surface area contributed by atoms with Crippen molar-refractivity contribution in [1.29, 1.82) is 0 Å². The molecule has 0 bridgehead atoms. The quantitative estimate of drug-likeness (QED) is 0.838. The average Bonchev–Trinajstić information content (AvgIpc) is 2.59. The van der Waals surface area contributed by atoms with Gasteiger partial charge >= 0.3 is 97.1 Å². The van der Waals surface area contributed by atoms with Gasteiger partial charge in [0.1, 0.15) is 0 Å². The molecule has 0 aliphatic carbocycles. The minimum atomic E-state index is 0.579. The molecule has 80 valence electrons. The Hall–Kier alpha value is -0.561. The maximum atomic E-state index is 3.47. The zero-order chi connectivity index (χ0) is 10.7. The molecule has 0 fully saturated rings. The number of fused-ring (bicyclic) bond motifs is 1. The van der Waals surface area contributed by atoms with Gasteiger partial charge in [0.05, 0.1) is 0 Å². The summed E-state index contributed by atoms with van der Waals surface area (Å²) in [5.41, 5.74) is 0. The van der Waals surface area contributed by atoms with Gasteiger partial charge in [-0.3, -0.25) is 0 Å². The van der Waals surface area contributed by atoms with Crippen LogP contribution in [-0.2, 0) is 6.42 Å². The van der Waals surface area contributed by atoms with E-state index in [4.69, 9.17) is 0 Å². The van der Waals surface area contributed by atoms with Gasteiger partial charge in [0.2, 0.25) is 0 Å². The van der Waals surface area contributed by atoms with Gasteiger partial charge in [-0.25, -0.2) is 0 Å². The Morgan fingerprint density at radius 2 is 2.07 bits per heavy atom. The second kappa shape index (κ2) is 4.98. The first-order chi connectivity index (χ1) is 7.25. The Labute approximate surface area is 97.2 Å². The fourth-order valence-corrected chi connectivity index (χ4v) is 3.88. The number of rotatable bonds is 4. The molecule has 0 saturated heterocycles. The number of hydrogen-bond acceptors (Lipinski definition) is 1. The molecule has 1 aromatic carbocycles. The summed E-state index contributed by atoms with van der Waals surface area (Å²) in [5.74, 6) is 0. The van der Waals surface area contributed by atoms with Crippen LogP contribution in [-0.4, -0.2) is 27.1 Å². The van der Waals surface area contributed by atoms with Crippen LogP contribution in [0.3, 0.4) is 0 Å². The van der Waals surface area contributed by atoms with E-state index >= 15 is 0 Å². The van der Waals surface area contributed by atoms with Crippen molar-refractivity contribution in [3.63, 3.8) is 0 Å². The Morgan fingerprint density at radius 1 is 1.27 bits per heavy atom. The Morgan fingerprint density at radius 3 is 2.80 bits per heavy atom. The van der Waals surface area contributed by atoms with E-state index in [1.807, 2.05) is 0 Å². The van der Waals surface area contributed by atoms with Gasteiger partial charge in [0, 0.05) is 0 Å². The van der Waals surface area contributed by atoms with Crippen molar-refractivity contribution >= 4 is 24.1 Å². The third-order valence-electron chi connectivity index (χ3n) is 2.40. The molecular formula is C13H17NSe. The molecule has 0 radical (unpaired) electrons. The molecule has 2 aromatic rings. The van der Waals surface area contributed by atoms with Gasteiger partial charge in [0.15, 0.2) is 0 Å². The molecule has 0 aliphatic rings. The third-order valence-corrected chi connectivity index (χ3v) is 4.87. The van der Waals surface area contributed by atoms with Crippen LogP contribution < -0.4 is 5.32 Å². The fourth-order valence-electron chi connectivity index (χ4n) is 1.64. The first kappa shape index (κ1) is 10.9. The van der Waals surface area contributed by atoms with E-state index in [0.717, 1.165) is 6.54 Å². The van der Waals surface area contributed by atoms with E-state index in [1.165, 1.54) is 11.8 Å². The van der Waals surface area contributed by atoms with Crippen molar-refractivity contribution in [2.24, 2.45) is 0 Å². The SMILES string of the molecule is CC(C)NCCc1cc2ccccc2[se]1. The molecule has 1 N–H and O–H groups in total. The summed E-state index contributed by atoms with van der Waals surface area (Å²) in [4.78, 5) is 0. The molecule has 0 aliphatic heterocycles. The van der Waals surface area contributed by atoms with Crippen LogP contribution in [0.2, 0.25) is 0 Å². The van der Waals surface area contributed by atoms with Gasteiger partial charge in [-0.15, -0.1) is 0 Å². The summed E-state index contributed by atoms with van der Waals surface area (Å²) >= 11 is 0.579. The van der Waals surface area contributed by atoms with E-state index in [0.29, 0.717) is 20.5 Å². The maximum absolute atomic E-state index is 3.47. The van der Waals surface area contributed by atoms with E-state index in [-0.39, 0.29) is 0 Å². The molecule has 0 unspecified atom stereocenters. The van der Waals surface area contributed by atoms with Crippen molar-refractivity contribution in [2.75, 3.05) is 6.54 Å². The molecule has 15 heavy (non-hydrogen) atoms. The third kappa shape index (κ3) is 2.94. The second-order valence-electron chi connectivity index (χ2n) is 4.11. The molecular weight excluding hydrogens is 249 g/mol. The topological polar surface area (TPSA) is 12.0 Å². The molecule has 0 amide bonds. The van der Waals surface area contributed by atoms with Gasteiger partial charge < -0.3 is 0 Å². The summed E-state index contributed by atoms with van der Waals surface area (Å²) < 4.78 is 3.17. The average molecular weight is 266 g/mol. The van der Waals surface area contributed by atoms with Crippen molar-refractivity contribution in [1.82, 2.24) is 5.32 Å². The Balaban J connectivity index is 2.03. The van der Waals surface area contributed by atoms with Crippen molar-refractivity contribution in [3.8, 4) is 0 Å². The molecule has 0 saturated carbocycles. The monoisotopic (exact) mass is 267 g/mol. The Kier molecular flexibility index (Phi) is 3.63. The first-order valence-electron chi connectivity index (χ1n) is 5.46. The molecule has 0 atom stereocenters. The standard InChI is InChI=1S/C13H17NSe/c1-10(2)14-8-7-12-9-11-5-3-4-6-13(11)15-12/h3-6,9-10,14H,7-8H2,1-2H3. The summed E-state index contributed by atoms with van der Waals surface area (Å²) in [6.45, 7) is 5.51. The van der Waals surface area contributed by atoms with Gasteiger partial charge in [-0.2, -0.15) is 0 Å². The summed E-state index contributed by atoms with van der Waals surface area (Å²) in [5, 5.41) is 4.91. The van der Waals surface area contributed by atoms with E-state index in [1.54, 1.807) is 8.70 Å². The van der Waals surface area contributed by atoms with Crippen LogP contribution in [0.1, 0.15) is 18.3 Å². The summed E-state index contributed by atoms with van der Waals surface area (Å²) in [6.07, 6.45) is 1.20. The van der Waals surface area contributed by atoms with Crippen LogP contribution in [0.5, 0.6) is 0 Å². The van der Waals surface area contributed by atoms with Crippen LogP contribution in [0.4, 0.5) is 0 Å². The molecule has 2 rings (SSSR count). The van der Waals surface area contributed by atoms with Crippen LogP contribution >= 0.6 is 0 Å².